The highest BCUT2D eigenvalue weighted by molar-refractivity contribution is 7.13. The van der Waals surface area contributed by atoms with E-state index in [1.54, 1.807) is 19.2 Å². The van der Waals surface area contributed by atoms with E-state index in [0.29, 0.717) is 16.2 Å². The number of aromatic nitrogens is 1. The quantitative estimate of drug-likeness (QED) is 0.248. The zero-order chi connectivity index (χ0) is 20.4. The maximum absolute atomic E-state index is 12.5. The topological polar surface area (TPSA) is 121 Å². The Morgan fingerprint density at radius 2 is 2.19 bits per heavy atom. The zero-order valence-corrected chi connectivity index (χ0v) is 16.7. The van der Waals surface area contributed by atoms with E-state index < -0.39 is 24.5 Å². The molecule has 146 valence electrons. The lowest BCUT2D eigenvalue weighted by Crippen LogP contribution is -2.29. The Kier molecular flexibility index (Phi) is 9.38. The first-order valence-corrected chi connectivity index (χ1v) is 9.25. The number of aliphatic imine (C=N–C) groups is 1. The first-order chi connectivity index (χ1) is 12.8. The number of nitrogens with zero attached hydrogens (tertiary/aromatic N) is 2. The number of carboxylic acids is 1. The molecule has 1 rings (SSSR count). The van der Waals surface area contributed by atoms with Crippen molar-refractivity contribution in [2.75, 3.05) is 6.54 Å². The van der Waals surface area contributed by atoms with Crippen molar-refractivity contribution < 1.29 is 19.5 Å². The van der Waals surface area contributed by atoms with Gasteiger partial charge in [0.25, 0.3) is 0 Å². The second kappa shape index (κ2) is 11.2. The SMILES string of the molecule is CC/C=C/NC(=NCC(=O)O)/C(Cl)=C(\C)C(=O)NC(C)c1ncc(C=O)s1. The average molecular weight is 413 g/mol. The molecular weight excluding hydrogens is 392 g/mol. The summed E-state index contributed by atoms with van der Waals surface area (Å²) in [7, 11) is 0. The standard InChI is InChI=1S/C17H21ClN4O4S/c1-4-5-6-19-15(20-8-13(24)25)14(18)10(2)16(26)22-11(3)17-21-7-12(9-23)27-17/h5-7,9,11H,4,8H2,1-3H3,(H,19,20)(H,22,26)(H,24,25)/b6-5+,14-10-. The molecule has 0 aliphatic rings. The van der Waals surface area contributed by atoms with E-state index >= 15 is 0 Å². The van der Waals surface area contributed by atoms with Gasteiger partial charge in [0.1, 0.15) is 17.4 Å². The van der Waals surface area contributed by atoms with Gasteiger partial charge in [-0.2, -0.15) is 0 Å². The maximum atomic E-state index is 12.5. The number of aldehydes is 1. The number of carboxylic acid groups (broad SMARTS) is 1. The molecule has 0 bridgehead atoms. The molecule has 0 fully saturated rings. The number of hydrogen-bond donors (Lipinski definition) is 3. The number of carbonyl (C=O) groups is 3. The molecular formula is C17H21ClN4O4S. The fourth-order valence-electron chi connectivity index (χ4n) is 1.78. The Balaban J connectivity index is 2.97. The summed E-state index contributed by atoms with van der Waals surface area (Å²) in [5.41, 5.74) is 0.164. The van der Waals surface area contributed by atoms with Gasteiger partial charge in [0.15, 0.2) is 6.29 Å². The van der Waals surface area contributed by atoms with Crippen molar-refractivity contribution in [2.45, 2.75) is 33.2 Å². The maximum Gasteiger partial charge on any atom is 0.325 e. The largest absolute Gasteiger partial charge is 0.480 e. The third-order valence-electron chi connectivity index (χ3n) is 3.20. The van der Waals surface area contributed by atoms with Crippen molar-refractivity contribution in [3.05, 3.63) is 39.0 Å². The number of aliphatic carboxylic acids is 1. The predicted octanol–water partition coefficient (Wildman–Crippen LogP) is 2.64. The van der Waals surface area contributed by atoms with Crippen molar-refractivity contribution in [1.29, 1.82) is 0 Å². The van der Waals surface area contributed by atoms with Gasteiger partial charge in [0, 0.05) is 11.8 Å². The summed E-state index contributed by atoms with van der Waals surface area (Å²) >= 11 is 7.43. The highest BCUT2D eigenvalue weighted by Crippen LogP contribution is 2.20. The van der Waals surface area contributed by atoms with E-state index in [2.05, 4.69) is 20.6 Å². The van der Waals surface area contributed by atoms with E-state index in [-0.39, 0.29) is 16.4 Å². The number of carbonyl (C=O) groups excluding carboxylic acids is 2. The van der Waals surface area contributed by atoms with E-state index in [0.717, 1.165) is 6.42 Å². The summed E-state index contributed by atoms with van der Waals surface area (Å²) in [6.45, 7) is 4.68. The molecule has 0 radical (unpaired) electrons. The summed E-state index contributed by atoms with van der Waals surface area (Å²) < 4.78 is 0. The summed E-state index contributed by atoms with van der Waals surface area (Å²) in [5.74, 6) is -1.50. The van der Waals surface area contributed by atoms with Crippen molar-refractivity contribution >= 4 is 46.9 Å². The van der Waals surface area contributed by atoms with Gasteiger partial charge in [-0.25, -0.2) is 4.98 Å². The molecule has 0 aliphatic heterocycles. The Bertz CT molecular complexity index is 786. The fraction of sp³-hybridized carbons (Fsp3) is 0.353. The van der Waals surface area contributed by atoms with Gasteiger partial charge < -0.3 is 15.7 Å². The summed E-state index contributed by atoms with van der Waals surface area (Å²) in [4.78, 5) is 42.4. The van der Waals surface area contributed by atoms with E-state index in [1.165, 1.54) is 24.5 Å². The van der Waals surface area contributed by atoms with E-state index in [9.17, 15) is 14.4 Å². The monoisotopic (exact) mass is 412 g/mol. The second-order valence-electron chi connectivity index (χ2n) is 5.37. The summed E-state index contributed by atoms with van der Waals surface area (Å²) in [5, 5.41) is 14.9. The number of halogens is 1. The molecule has 1 aromatic rings. The molecule has 0 aromatic carbocycles. The Hall–Kier alpha value is -2.52. The van der Waals surface area contributed by atoms with Gasteiger partial charge in [0.05, 0.1) is 16.0 Å². The van der Waals surface area contributed by atoms with Crippen LogP contribution in [0.1, 0.15) is 47.9 Å². The normalized spacial score (nSPS) is 13.9. The molecule has 0 saturated heterocycles. The third kappa shape index (κ3) is 7.32. The first kappa shape index (κ1) is 22.5. The van der Waals surface area contributed by atoms with Crippen LogP contribution in [0.25, 0.3) is 0 Å². The number of allylic oxidation sites excluding steroid dienone is 1. The van der Waals surface area contributed by atoms with E-state index in [1.807, 2.05) is 6.92 Å². The summed E-state index contributed by atoms with van der Waals surface area (Å²) in [6.07, 6.45) is 6.26. The Morgan fingerprint density at radius 3 is 2.74 bits per heavy atom. The van der Waals surface area contributed by atoms with Crippen molar-refractivity contribution in [3.63, 3.8) is 0 Å². The van der Waals surface area contributed by atoms with Gasteiger partial charge in [0.2, 0.25) is 5.91 Å². The molecule has 0 spiro atoms. The lowest BCUT2D eigenvalue weighted by atomic mass is 10.2. The van der Waals surface area contributed by atoms with Gasteiger partial charge in [-0.15, -0.1) is 11.3 Å². The van der Waals surface area contributed by atoms with Gasteiger partial charge in [-0.1, -0.05) is 24.6 Å². The summed E-state index contributed by atoms with van der Waals surface area (Å²) in [6, 6.07) is -0.428. The molecule has 1 aromatic heterocycles. The highest BCUT2D eigenvalue weighted by Gasteiger charge is 2.18. The predicted molar refractivity (Wildman–Crippen MR) is 105 cm³/mol. The number of rotatable bonds is 9. The van der Waals surface area contributed by atoms with Gasteiger partial charge in [-0.05, 0) is 26.5 Å². The number of hydrogen-bond acceptors (Lipinski definition) is 6. The van der Waals surface area contributed by atoms with Crippen molar-refractivity contribution in [3.8, 4) is 0 Å². The van der Waals surface area contributed by atoms with Crippen molar-refractivity contribution in [1.82, 2.24) is 15.6 Å². The van der Waals surface area contributed by atoms with Crippen LogP contribution in [-0.2, 0) is 9.59 Å². The third-order valence-corrected chi connectivity index (χ3v) is 4.77. The zero-order valence-electron chi connectivity index (χ0n) is 15.2. The van der Waals surface area contributed by atoms with Gasteiger partial charge in [-0.3, -0.25) is 19.4 Å². The minimum Gasteiger partial charge on any atom is -0.480 e. The van der Waals surface area contributed by atoms with Crippen LogP contribution in [0.3, 0.4) is 0 Å². The molecule has 1 unspecified atom stereocenters. The van der Waals surface area contributed by atoms with Crippen LogP contribution in [0.4, 0.5) is 0 Å². The second-order valence-corrected chi connectivity index (χ2v) is 6.84. The molecule has 1 amide bonds. The Morgan fingerprint density at radius 1 is 1.48 bits per heavy atom. The smallest absolute Gasteiger partial charge is 0.325 e. The molecule has 1 atom stereocenters. The Labute approximate surface area is 166 Å². The highest BCUT2D eigenvalue weighted by atomic mass is 35.5. The lowest BCUT2D eigenvalue weighted by Gasteiger charge is -2.13. The van der Waals surface area contributed by atoms with Gasteiger partial charge >= 0.3 is 5.97 Å². The van der Waals surface area contributed by atoms with Crippen LogP contribution < -0.4 is 10.6 Å². The van der Waals surface area contributed by atoms with Crippen LogP contribution >= 0.6 is 22.9 Å². The molecule has 3 N–H and O–H groups in total. The van der Waals surface area contributed by atoms with Crippen LogP contribution in [0.2, 0.25) is 0 Å². The van der Waals surface area contributed by atoms with Crippen LogP contribution in [0.5, 0.6) is 0 Å². The minimum atomic E-state index is -1.12. The minimum absolute atomic E-state index is 0.00872. The fourth-order valence-corrected chi connectivity index (χ4v) is 2.72. The number of thiazole rings is 1. The molecule has 0 saturated carbocycles. The van der Waals surface area contributed by atoms with Crippen LogP contribution in [0, 0.1) is 0 Å². The first-order valence-electron chi connectivity index (χ1n) is 8.06. The number of amidine groups is 1. The molecule has 10 heteroatoms. The molecule has 0 aliphatic carbocycles. The molecule has 1 heterocycles. The van der Waals surface area contributed by atoms with Crippen molar-refractivity contribution in [2.24, 2.45) is 4.99 Å². The molecule has 27 heavy (non-hydrogen) atoms. The average Bonchev–Trinajstić information content (AvgIpc) is 3.12. The molecule has 8 nitrogen and oxygen atoms in total. The van der Waals surface area contributed by atoms with E-state index in [4.69, 9.17) is 16.7 Å². The number of nitrogens with one attached hydrogen (secondary N) is 2. The lowest BCUT2D eigenvalue weighted by molar-refractivity contribution is -0.135. The van der Waals surface area contributed by atoms with Crippen LogP contribution in [0.15, 0.2) is 34.1 Å². The van der Waals surface area contributed by atoms with Crippen LogP contribution in [-0.4, -0.2) is 40.6 Å². The number of amides is 1.